The topological polar surface area (TPSA) is 72.2 Å². The van der Waals surface area contributed by atoms with Crippen LogP contribution in [0.3, 0.4) is 0 Å². The third-order valence-electron chi connectivity index (χ3n) is 2.83. The Morgan fingerprint density at radius 1 is 1.20 bits per heavy atom. The van der Waals surface area contributed by atoms with Crippen LogP contribution in [0.2, 0.25) is 0 Å². The van der Waals surface area contributed by atoms with Crippen LogP contribution >= 0.6 is 0 Å². The van der Waals surface area contributed by atoms with Crippen molar-refractivity contribution in [3.8, 4) is 0 Å². The molecular formula is C14H15FN2O2S. The first-order valence-electron chi connectivity index (χ1n) is 5.97. The van der Waals surface area contributed by atoms with Crippen LogP contribution in [0, 0.1) is 12.7 Å². The molecule has 0 aromatic heterocycles. The fourth-order valence-corrected chi connectivity index (χ4v) is 3.02. The van der Waals surface area contributed by atoms with Gasteiger partial charge in [-0.05, 0) is 42.3 Å². The molecule has 0 amide bonds. The molecule has 0 bridgehead atoms. The Hall–Kier alpha value is -2.08. The Balaban J connectivity index is 2.19. The molecule has 0 spiro atoms. The number of nitrogens with one attached hydrogen (secondary N) is 1. The predicted molar refractivity (Wildman–Crippen MR) is 78.2 cm³/mol. The molecule has 3 N–H and O–H groups in total. The number of anilines is 2. The highest BCUT2D eigenvalue weighted by atomic mass is 32.2. The Bertz CT molecular complexity index is 730. The summed E-state index contributed by atoms with van der Waals surface area (Å²) in [6.45, 7) is 1.57. The standard InChI is InChI=1S/C14H15FN2O2S/c1-10-8-12(6-7-13(10)15)17-20(18,19)9-11-4-2-3-5-14(11)16/h2-8,17H,9,16H2,1H3. The number of hydrogen-bond acceptors (Lipinski definition) is 3. The number of halogens is 1. The van der Waals surface area contributed by atoms with Gasteiger partial charge in [0.05, 0.1) is 5.75 Å². The van der Waals surface area contributed by atoms with E-state index in [1.54, 1.807) is 31.2 Å². The molecule has 0 saturated carbocycles. The smallest absolute Gasteiger partial charge is 0.236 e. The van der Waals surface area contributed by atoms with Gasteiger partial charge in [-0.15, -0.1) is 0 Å². The summed E-state index contributed by atoms with van der Waals surface area (Å²) in [6.07, 6.45) is 0. The van der Waals surface area contributed by atoms with Crippen molar-refractivity contribution in [2.24, 2.45) is 0 Å². The van der Waals surface area contributed by atoms with Crippen LogP contribution in [-0.2, 0) is 15.8 Å². The fraction of sp³-hybridized carbons (Fsp3) is 0.143. The molecule has 106 valence electrons. The molecule has 2 aromatic carbocycles. The van der Waals surface area contributed by atoms with Gasteiger partial charge in [-0.3, -0.25) is 4.72 Å². The van der Waals surface area contributed by atoms with Gasteiger partial charge in [0.2, 0.25) is 10.0 Å². The van der Waals surface area contributed by atoms with Gasteiger partial charge in [0.25, 0.3) is 0 Å². The number of benzene rings is 2. The van der Waals surface area contributed by atoms with E-state index in [0.717, 1.165) is 0 Å². The van der Waals surface area contributed by atoms with Gasteiger partial charge in [-0.1, -0.05) is 18.2 Å². The van der Waals surface area contributed by atoms with E-state index in [1.165, 1.54) is 18.2 Å². The van der Waals surface area contributed by atoms with Crippen molar-refractivity contribution >= 4 is 21.4 Å². The maximum Gasteiger partial charge on any atom is 0.236 e. The van der Waals surface area contributed by atoms with E-state index < -0.39 is 10.0 Å². The second kappa shape index (κ2) is 5.50. The van der Waals surface area contributed by atoms with Gasteiger partial charge in [-0.25, -0.2) is 12.8 Å². The Morgan fingerprint density at radius 2 is 1.90 bits per heavy atom. The van der Waals surface area contributed by atoms with Crippen molar-refractivity contribution in [1.29, 1.82) is 0 Å². The summed E-state index contributed by atoms with van der Waals surface area (Å²) in [5, 5.41) is 0. The molecule has 6 heteroatoms. The normalized spacial score (nSPS) is 11.3. The second-order valence-corrected chi connectivity index (χ2v) is 6.25. The Kier molecular flexibility index (Phi) is 3.94. The van der Waals surface area contributed by atoms with E-state index >= 15 is 0 Å². The van der Waals surface area contributed by atoms with Gasteiger partial charge in [-0.2, -0.15) is 0 Å². The predicted octanol–water partition coefficient (Wildman–Crippen LogP) is 2.66. The average molecular weight is 294 g/mol. The lowest BCUT2D eigenvalue weighted by Gasteiger charge is -2.10. The summed E-state index contributed by atoms with van der Waals surface area (Å²) >= 11 is 0. The van der Waals surface area contributed by atoms with Crippen molar-refractivity contribution in [2.45, 2.75) is 12.7 Å². The highest BCUT2D eigenvalue weighted by Gasteiger charge is 2.14. The van der Waals surface area contributed by atoms with Crippen LogP contribution in [0.25, 0.3) is 0 Å². The zero-order valence-corrected chi connectivity index (χ0v) is 11.7. The maximum atomic E-state index is 13.1. The highest BCUT2D eigenvalue weighted by molar-refractivity contribution is 7.91. The Labute approximate surface area is 117 Å². The van der Waals surface area contributed by atoms with Gasteiger partial charge in [0.1, 0.15) is 5.82 Å². The number of sulfonamides is 1. The van der Waals surface area contributed by atoms with Crippen LogP contribution in [0.1, 0.15) is 11.1 Å². The molecule has 2 rings (SSSR count). The molecule has 0 aliphatic heterocycles. The van der Waals surface area contributed by atoms with Gasteiger partial charge < -0.3 is 5.73 Å². The zero-order chi connectivity index (χ0) is 14.8. The molecule has 0 atom stereocenters. The molecule has 20 heavy (non-hydrogen) atoms. The summed E-state index contributed by atoms with van der Waals surface area (Å²) in [6, 6.07) is 10.8. The summed E-state index contributed by atoms with van der Waals surface area (Å²) in [7, 11) is -3.59. The third kappa shape index (κ3) is 3.48. The molecule has 4 nitrogen and oxygen atoms in total. The molecule has 0 aliphatic rings. The SMILES string of the molecule is Cc1cc(NS(=O)(=O)Cc2ccccc2N)ccc1F. The molecule has 2 aromatic rings. The number of nitrogens with two attached hydrogens (primary N) is 1. The summed E-state index contributed by atoms with van der Waals surface area (Å²) < 4.78 is 39.7. The molecule has 0 fully saturated rings. The maximum absolute atomic E-state index is 13.1. The summed E-state index contributed by atoms with van der Waals surface area (Å²) in [5.74, 6) is -0.601. The zero-order valence-electron chi connectivity index (χ0n) is 10.9. The third-order valence-corrected chi connectivity index (χ3v) is 4.07. The molecule has 0 heterocycles. The van der Waals surface area contributed by atoms with Crippen molar-refractivity contribution in [3.05, 3.63) is 59.4 Å². The minimum absolute atomic E-state index is 0.226. The van der Waals surface area contributed by atoms with Crippen LogP contribution in [0.4, 0.5) is 15.8 Å². The molecule has 0 saturated heterocycles. The number of hydrogen-bond donors (Lipinski definition) is 2. The monoisotopic (exact) mass is 294 g/mol. The van der Waals surface area contributed by atoms with Crippen LogP contribution in [0.15, 0.2) is 42.5 Å². The minimum atomic E-state index is -3.59. The van der Waals surface area contributed by atoms with Crippen LogP contribution in [-0.4, -0.2) is 8.42 Å². The van der Waals surface area contributed by atoms with E-state index in [2.05, 4.69) is 4.72 Å². The number of para-hydroxylation sites is 1. The first-order chi connectivity index (χ1) is 9.37. The first kappa shape index (κ1) is 14.3. The number of rotatable bonds is 4. The van der Waals surface area contributed by atoms with E-state index in [4.69, 9.17) is 5.73 Å². The molecule has 0 aliphatic carbocycles. The first-order valence-corrected chi connectivity index (χ1v) is 7.62. The van der Waals surface area contributed by atoms with Gasteiger partial charge >= 0.3 is 0 Å². The quantitative estimate of drug-likeness (QED) is 0.851. The van der Waals surface area contributed by atoms with E-state index in [1.807, 2.05) is 0 Å². The number of nitrogen functional groups attached to an aromatic ring is 1. The Morgan fingerprint density at radius 3 is 2.55 bits per heavy atom. The average Bonchev–Trinajstić information content (AvgIpc) is 2.36. The van der Waals surface area contributed by atoms with Crippen molar-refractivity contribution in [1.82, 2.24) is 0 Å². The summed E-state index contributed by atoms with van der Waals surface area (Å²) in [5.41, 5.74) is 7.39. The van der Waals surface area contributed by atoms with Crippen molar-refractivity contribution < 1.29 is 12.8 Å². The van der Waals surface area contributed by atoms with Crippen LogP contribution in [0.5, 0.6) is 0 Å². The lowest BCUT2D eigenvalue weighted by molar-refractivity contribution is 0.600. The lowest BCUT2D eigenvalue weighted by Crippen LogP contribution is -2.16. The van der Waals surface area contributed by atoms with Gasteiger partial charge in [0.15, 0.2) is 0 Å². The minimum Gasteiger partial charge on any atom is -0.398 e. The van der Waals surface area contributed by atoms with Crippen molar-refractivity contribution in [2.75, 3.05) is 10.5 Å². The molecule has 0 radical (unpaired) electrons. The van der Waals surface area contributed by atoms with E-state index in [9.17, 15) is 12.8 Å². The van der Waals surface area contributed by atoms with Crippen molar-refractivity contribution in [3.63, 3.8) is 0 Å². The molecule has 0 unspecified atom stereocenters. The largest absolute Gasteiger partial charge is 0.398 e. The second-order valence-electron chi connectivity index (χ2n) is 4.52. The summed E-state index contributed by atoms with van der Waals surface area (Å²) in [4.78, 5) is 0. The fourth-order valence-electron chi connectivity index (χ4n) is 1.79. The number of aryl methyl sites for hydroxylation is 1. The van der Waals surface area contributed by atoms with Gasteiger partial charge in [0, 0.05) is 11.4 Å². The lowest BCUT2D eigenvalue weighted by atomic mass is 10.2. The highest BCUT2D eigenvalue weighted by Crippen LogP contribution is 2.18. The molecular weight excluding hydrogens is 279 g/mol. The van der Waals surface area contributed by atoms with E-state index in [-0.39, 0.29) is 11.6 Å². The van der Waals surface area contributed by atoms with Crippen LogP contribution < -0.4 is 10.5 Å². The van der Waals surface area contributed by atoms with E-state index in [0.29, 0.717) is 22.5 Å².